The van der Waals surface area contributed by atoms with Crippen LogP contribution >= 0.6 is 0 Å². The summed E-state index contributed by atoms with van der Waals surface area (Å²) in [6.07, 6.45) is 1.66. The van der Waals surface area contributed by atoms with Gasteiger partial charge in [0.25, 0.3) is 0 Å². The molecule has 0 aliphatic carbocycles. The molecule has 1 rings (SSSR count). The zero-order valence-corrected chi connectivity index (χ0v) is 5.26. The fourth-order valence-corrected chi connectivity index (χ4v) is 0.629. The molecule has 0 amide bonds. The van der Waals surface area contributed by atoms with Crippen LogP contribution < -0.4 is 11.1 Å². The van der Waals surface area contributed by atoms with Crippen molar-refractivity contribution in [3.63, 3.8) is 0 Å². The van der Waals surface area contributed by atoms with Crippen molar-refractivity contribution in [2.45, 2.75) is 0 Å². The lowest BCUT2D eigenvalue weighted by Gasteiger charge is -1.99. The molecule has 0 unspecified atom stereocenters. The second kappa shape index (κ2) is 2.35. The molecule has 3 nitrogen and oxygen atoms in total. The third-order valence-corrected chi connectivity index (χ3v) is 1.11. The van der Waals surface area contributed by atoms with Crippen molar-refractivity contribution in [3.8, 4) is 0 Å². The lowest BCUT2D eigenvalue weighted by Crippen LogP contribution is -1.96. The maximum atomic E-state index is 5.46. The minimum Gasteiger partial charge on any atom is -0.385 e. The number of pyridine rings is 1. The van der Waals surface area contributed by atoms with E-state index in [9.17, 15) is 0 Å². The van der Waals surface area contributed by atoms with Gasteiger partial charge in [0.05, 0.1) is 5.69 Å². The first-order valence-corrected chi connectivity index (χ1v) is 2.73. The molecule has 0 aromatic carbocycles. The van der Waals surface area contributed by atoms with Crippen LogP contribution in [0.5, 0.6) is 0 Å². The van der Waals surface area contributed by atoms with Crippen molar-refractivity contribution in [2.24, 2.45) is 0 Å². The minimum atomic E-state index is 0.542. The van der Waals surface area contributed by atoms with Gasteiger partial charge in [0, 0.05) is 13.2 Å². The fourth-order valence-electron chi connectivity index (χ4n) is 0.629. The van der Waals surface area contributed by atoms with Crippen LogP contribution in [0.2, 0.25) is 0 Å². The smallest absolute Gasteiger partial charge is 0.146 e. The number of rotatable bonds is 1. The Bertz CT molecular complexity index is 197. The zero-order chi connectivity index (χ0) is 6.69. The predicted octanol–water partition coefficient (Wildman–Crippen LogP) is 0.706. The van der Waals surface area contributed by atoms with Crippen LogP contribution in [0.1, 0.15) is 0 Å². The maximum Gasteiger partial charge on any atom is 0.146 e. The summed E-state index contributed by atoms with van der Waals surface area (Å²) in [5, 5.41) is 2.91. The molecule has 0 aliphatic heterocycles. The fraction of sp³-hybridized carbons (Fsp3) is 0.167. The molecule has 3 heteroatoms. The van der Waals surface area contributed by atoms with E-state index in [1.165, 1.54) is 0 Å². The molecule has 9 heavy (non-hydrogen) atoms. The zero-order valence-electron chi connectivity index (χ0n) is 5.26. The van der Waals surface area contributed by atoms with E-state index in [1.807, 2.05) is 19.2 Å². The van der Waals surface area contributed by atoms with Crippen molar-refractivity contribution < 1.29 is 0 Å². The third kappa shape index (κ3) is 1.10. The highest BCUT2D eigenvalue weighted by molar-refractivity contribution is 5.60. The summed E-state index contributed by atoms with van der Waals surface area (Å²) in [6, 6.07) is 3.71. The molecular formula is C6H9N3. The van der Waals surface area contributed by atoms with Crippen molar-refractivity contribution in [1.82, 2.24) is 4.98 Å². The van der Waals surface area contributed by atoms with E-state index in [0.717, 1.165) is 5.69 Å². The number of aromatic nitrogens is 1. The van der Waals surface area contributed by atoms with E-state index in [2.05, 4.69) is 10.3 Å². The quantitative estimate of drug-likeness (QED) is 0.578. The van der Waals surface area contributed by atoms with Gasteiger partial charge in [-0.15, -0.1) is 0 Å². The summed E-state index contributed by atoms with van der Waals surface area (Å²) in [7, 11) is 1.81. The lowest BCUT2D eigenvalue weighted by atomic mass is 10.4. The summed E-state index contributed by atoms with van der Waals surface area (Å²) in [5.74, 6) is 0.542. The number of nitrogens with two attached hydrogens (primary N) is 1. The van der Waals surface area contributed by atoms with E-state index >= 15 is 0 Å². The number of hydrogen-bond donors (Lipinski definition) is 2. The topological polar surface area (TPSA) is 50.9 Å². The van der Waals surface area contributed by atoms with Gasteiger partial charge in [-0.1, -0.05) is 0 Å². The summed E-state index contributed by atoms with van der Waals surface area (Å²) in [6.45, 7) is 0. The van der Waals surface area contributed by atoms with Crippen LogP contribution in [-0.4, -0.2) is 12.0 Å². The van der Waals surface area contributed by atoms with Crippen LogP contribution in [0.4, 0.5) is 11.5 Å². The van der Waals surface area contributed by atoms with Gasteiger partial charge < -0.3 is 11.1 Å². The first kappa shape index (κ1) is 5.88. The largest absolute Gasteiger partial charge is 0.385 e. The maximum absolute atomic E-state index is 5.46. The molecule has 0 spiro atoms. The van der Waals surface area contributed by atoms with Gasteiger partial charge in [-0.2, -0.15) is 0 Å². The number of nitrogen functional groups attached to an aromatic ring is 1. The Morgan fingerprint density at radius 1 is 1.67 bits per heavy atom. The molecule has 1 aromatic rings. The van der Waals surface area contributed by atoms with Crippen molar-refractivity contribution in [3.05, 3.63) is 18.3 Å². The molecule has 3 N–H and O–H groups in total. The summed E-state index contributed by atoms with van der Waals surface area (Å²) >= 11 is 0. The molecule has 0 saturated heterocycles. The molecule has 48 valence electrons. The van der Waals surface area contributed by atoms with Gasteiger partial charge in [-0.05, 0) is 12.1 Å². The predicted molar refractivity (Wildman–Crippen MR) is 38.2 cm³/mol. The SMILES string of the molecule is CNc1cccnc1N. The molecule has 0 fully saturated rings. The summed E-state index contributed by atoms with van der Waals surface area (Å²) in [4.78, 5) is 3.87. The van der Waals surface area contributed by atoms with Crippen LogP contribution in [0.25, 0.3) is 0 Å². The number of nitrogens with one attached hydrogen (secondary N) is 1. The van der Waals surface area contributed by atoms with E-state index in [1.54, 1.807) is 6.20 Å². The Balaban J connectivity index is 3.01. The van der Waals surface area contributed by atoms with Gasteiger partial charge in [-0.25, -0.2) is 4.98 Å². The minimum absolute atomic E-state index is 0.542. The van der Waals surface area contributed by atoms with Crippen molar-refractivity contribution in [2.75, 3.05) is 18.1 Å². The van der Waals surface area contributed by atoms with Crippen LogP contribution in [0.15, 0.2) is 18.3 Å². The van der Waals surface area contributed by atoms with Crippen LogP contribution in [-0.2, 0) is 0 Å². The molecule has 0 aliphatic rings. The van der Waals surface area contributed by atoms with Crippen molar-refractivity contribution in [1.29, 1.82) is 0 Å². The van der Waals surface area contributed by atoms with Gasteiger partial charge >= 0.3 is 0 Å². The average Bonchev–Trinajstić information content (AvgIpc) is 1.89. The normalized spacial score (nSPS) is 9.00. The Morgan fingerprint density at radius 3 is 2.89 bits per heavy atom. The van der Waals surface area contributed by atoms with Crippen molar-refractivity contribution >= 4 is 11.5 Å². The Morgan fingerprint density at radius 2 is 2.44 bits per heavy atom. The Labute approximate surface area is 53.9 Å². The van der Waals surface area contributed by atoms with Crippen LogP contribution in [0, 0.1) is 0 Å². The lowest BCUT2D eigenvalue weighted by molar-refractivity contribution is 1.32. The standard InChI is InChI=1S/C6H9N3/c1-8-5-3-2-4-9-6(5)7/h2-4,8H,1H3,(H2,7,9). The average molecular weight is 123 g/mol. The van der Waals surface area contributed by atoms with Gasteiger partial charge in [0.15, 0.2) is 0 Å². The summed E-state index contributed by atoms with van der Waals surface area (Å²) in [5.41, 5.74) is 6.33. The summed E-state index contributed by atoms with van der Waals surface area (Å²) < 4.78 is 0. The van der Waals surface area contributed by atoms with Gasteiger partial charge in [0.1, 0.15) is 5.82 Å². The highest BCUT2D eigenvalue weighted by Gasteiger charge is 1.91. The van der Waals surface area contributed by atoms with E-state index < -0.39 is 0 Å². The molecule has 0 saturated carbocycles. The third-order valence-electron chi connectivity index (χ3n) is 1.11. The Hall–Kier alpha value is -1.25. The highest BCUT2D eigenvalue weighted by Crippen LogP contribution is 2.11. The molecule has 1 aromatic heterocycles. The Kier molecular flexibility index (Phi) is 1.53. The van der Waals surface area contributed by atoms with E-state index in [-0.39, 0.29) is 0 Å². The monoisotopic (exact) mass is 123 g/mol. The van der Waals surface area contributed by atoms with E-state index in [0.29, 0.717) is 5.82 Å². The molecule has 0 radical (unpaired) electrons. The first-order chi connectivity index (χ1) is 4.34. The van der Waals surface area contributed by atoms with E-state index in [4.69, 9.17) is 5.73 Å². The molecule has 1 heterocycles. The first-order valence-electron chi connectivity index (χ1n) is 2.73. The molecule has 0 atom stereocenters. The second-order valence-corrected chi connectivity index (χ2v) is 1.69. The van der Waals surface area contributed by atoms with Gasteiger partial charge in [-0.3, -0.25) is 0 Å². The second-order valence-electron chi connectivity index (χ2n) is 1.69. The van der Waals surface area contributed by atoms with Crippen LogP contribution in [0.3, 0.4) is 0 Å². The highest BCUT2D eigenvalue weighted by atomic mass is 14.9. The molecule has 0 bridgehead atoms. The number of nitrogens with zero attached hydrogens (tertiary/aromatic N) is 1. The number of hydrogen-bond acceptors (Lipinski definition) is 3. The van der Waals surface area contributed by atoms with Gasteiger partial charge in [0.2, 0.25) is 0 Å². The number of anilines is 2. The molecular weight excluding hydrogens is 114 g/mol.